The number of hydrogen-bond acceptors (Lipinski definition) is 3. The third kappa shape index (κ3) is 2.59. The second-order valence-corrected chi connectivity index (χ2v) is 4.95. The lowest BCUT2D eigenvalue weighted by Gasteiger charge is -2.34. The summed E-state index contributed by atoms with van der Waals surface area (Å²) in [6.45, 7) is 3.02. The smallest absolute Gasteiger partial charge is 0.131 e. The van der Waals surface area contributed by atoms with Crippen molar-refractivity contribution in [1.29, 1.82) is 0 Å². The lowest BCUT2D eigenvalue weighted by atomic mass is 9.84. The van der Waals surface area contributed by atoms with Gasteiger partial charge >= 0.3 is 0 Å². The maximum atomic E-state index is 5.95. The van der Waals surface area contributed by atoms with Gasteiger partial charge in [-0.25, -0.2) is 9.97 Å². The highest BCUT2D eigenvalue weighted by Crippen LogP contribution is 2.32. The summed E-state index contributed by atoms with van der Waals surface area (Å²) < 4.78 is 0. The maximum Gasteiger partial charge on any atom is 0.131 e. The van der Waals surface area contributed by atoms with E-state index in [1.165, 1.54) is 0 Å². The van der Waals surface area contributed by atoms with Gasteiger partial charge in [-0.15, -0.1) is 11.6 Å². The van der Waals surface area contributed by atoms with Crippen LogP contribution in [0, 0.1) is 12.8 Å². The van der Waals surface area contributed by atoms with Gasteiger partial charge in [0.25, 0.3) is 0 Å². The molecular formula is C11H16ClN3. The molecular weight excluding hydrogens is 210 g/mol. The maximum absolute atomic E-state index is 5.95. The Labute approximate surface area is 95.5 Å². The summed E-state index contributed by atoms with van der Waals surface area (Å²) in [5.41, 5.74) is 1.01. The third-order valence-electron chi connectivity index (χ3n) is 2.89. The first kappa shape index (κ1) is 10.7. The zero-order chi connectivity index (χ0) is 10.8. The molecule has 0 N–H and O–H groups in total. The summed E-state index contributed by atoms with van der Waals surface area (Å²) in [6, 6.07) is 2.01. The van der Waals surface area contributed by atoms with Crippen molar-refractivity contribution < 1.29 is 0 Å². The Morgan fingerprint density at radius 1 is 1.47 bits per heavy atom. The van der Waals surface area contributed by atoms with E-state index in [1.807, 2.05) is 13.0 Å². The molecule has 0 saturated heterocycles. The topological polar surface area (TPSA) is 29.0 Å². The Morgan fingerprint density at radius 3 is 2.80 bits per heavy atom. The van der Waals surface area contributed by atoms with Crippen molar-refractivity contribution in [3.8, 4) is 0 Å². The van der Waals surface area contributed by atoms with Crippen LogP contribution in [0.2, 0.25) is 0 Å². The van der Waals surface area contributed by atoms with Crippen LogP contribution in [-0.2, 0) is 0 Å². The summed E-state index contributed by atoms with van der Waals surface area (Å²) in [5.74, 6) is 1.73. The lowest BCUT2D eigenvalue weighted by Crippen LogP contribution is -2.35. The minimum absolute atomic E-state index is 0.399. The highest BCUT2D eigenvalue weighted by Gasteiger charge is 2.28. The lowest BCUT2D eigenvalue weighted by molar-refractivity contribution is 0.328. The summed E-state index contributed by atoms with van der Waals surface area (Å²) in [5, 5.41) is 0.399. The fraction of sp³-hybridized carbons (Fsp3) is 0.636. The number of aryl methyl sites for hydroxylation is 1. The molecule has 0 atom stereocenters. The highest BCUT2D eigenvalue weighted by atomic mass is 35.5. The van der Waals surface area contributed by atoms with Crippen LogP contribution in [0.15, 0.2) is 12.4 Å². The molecule has 1 aliphatic rings. The number of hydrogen-bond donors (Lipinski definition) is 0. The Kier molecular flexibility index (Phi) is 3.10. The van der Waals surface area contributed by atoms with Crippen molar-refractivity contribution in [3.05, 3.63) is 18.1 Å². The average molecular weight is 226 g/mol. The van der Waals surface area contributed by atoms with Gasteiger partial charge in [0.15, 0.2) is 0 Å². The molecule has 2 rings (SSSR count). The van der Waals surface area contributed by atoms with Crippen molar-refractivity contribution in [2.24, 2.45) is 5.92 Å². The van der Waals surface area contributed by atoms with E-state index in [-0.39, 0.29) is 0 Å². The zero-order valence-corrected chi connectivity index (χ0v) is 9.91. The largest absolute Gasteiger partial charge is 0.359 e. The van der Waals surface area contributed by atoms with Gasteiger partial charge in [-0.3, -0.25) is 0 Å². The molecule has 1 heterocycles. The Hall–Kier alpha value is -0.830. The van der Waals surface area contributed by atoms with Crippen LogP contribution in [-0.4, -0.2) is 28.9 Å². The van der Waals surface area contributed by atoms with E-state index < -0.39 is 0 Å². The quantitative estimate of drug-likeness (QED) is 0.739. The summed E-state index contributed by atoms with van der Waals surface area (Å²) in [6.07, 6.45) is 3.89. The molecule has 15 heavy (non-hydrogen) atoms. The standard InChI is InChI=1S/C11H16ClN3/c1-8-3-11(14-7-13-8)15(2)6-9-4-10(12)5-9/h3,7,9-10H,4-6H2,1-2H3. The van der Waals surface area contributed by atoms with E-state index in [9.17, 15) is 0 Å². The predicted octanol–water partition coefficient (Wildman–Crippen LogP) is 2.24. The zero-order valence-electron chi connectivity index (χ0n) is 9.15. The molecule has 0 amide bonds. The Balaban J connectivity index is 1.93. The molecule has 0 unspecified atom stereocenters. The van der Waals surface area contributed by atoms with Crippen LogP contribution in [0.1, 0.15) is 18.5 Å². The van der Waals surface area contributed by atoms with Crippen molar-refractivity contribution >= 4 is 17.4 Å². The van der Waals surface area contributed by atoms with E-state index >= 15 is 0 Å². The van der Waals surface area contributed by atoms with Crippen LogP contribution in [0.3, 0.4) is 0 Å². The van der Waals surface area contributed by atoms with E-state index in [0.717, 1.165) is 36.8 Å². The molecule has 4 heteroatoms. The molecule has 0 aromatic carbocycles. The van der Waals surface area contributed by atoms with Crippen molar-refractivity contribution in [2.45, 2.75) is 25.1 Å². The first-order chi connectivity index (χ1) is 7.15. The van der Waals surface area contributed by atoms with Crippen molar-refractivity contribution in [3.63, 3.8) is 0 Å². The summed E-state index contributed by atoms with van der Waals surface area (Å²) in [7, 11) is 2.07. The molecule has 1 aromatic rings. The second-order valence-electron chi connectivity index (χ2n) is 4.33. The number of nitrogens with zero attached hydrogens (tertiary/aromatic N) is 3. The first-order valence-electron chi connectivity index (χ1n) is 5.29. The number of anilines is 1. The van der Waals surface area contributed by atoms with Crippen molar-refractivity contribution in [1.82, 2.24) is 9.97 Å². The van der Waals surface area contributed by atoms with Crippen molar-refractivity contribution in [2.75, 3.05) is 18.5 Å². The molecule has 1 fully saturated rings. The number of alkyl halides is 1. The van der Waals surface area contributed by atoms with Gasteiger partial charge in [0.2, 0.25) is 0 Å². The van der Waals surface area contributed by atoms with E-state index in [2.05, 4.69) is 21.9 Å². The molecule has 82 valence electrons. The normalized spacial score (nSPS) is 24.7. The van der Waals surface area contributed by atoms with Gasteiger partial charge in [0.05, 0.1) is 0 Å². The molecule has 0 radical (unpaired) electrons. The molecule has 0 bridgehead atoms. The number of halogens is 1. The SMILES string of the molecule is Cc1cc(N(C)CC2CC(Cl)C2)ncn1. The highest BCUT2D eigenvalue weighted by molar-refractivity contribution is 6.21. The van der Waals surface area contributed by atoms with E-state index in [1.54, 1.807) is 6.33 Å². The first-order valence-corrected chi connectivity index (χ1v) is 5.72. The number of rotatable bonds is 3. The van der Waals surface area contributed by atoms with Gasteiger partial charge in [0.1, 0.15) is 12.1 Å². The predicted molar refractivity (Wildman–Crippen MR) is 62.4 cm³/mol. The monoisotopic (exact) mass is 225 g/mol. The second kappa shape index (κ2) is 4.35. The van der Waals surface area contributed by atoms with Gasteiger partial charge < -0.3 is 4.90 Å². The Bertz CT molecular complexity index is 336. The van der Waals surface area contributed by atoms with E-state index in [0.29, 0.717) is 5.38 Å². The molecule has 1 saturated carbocycles. The van der Waals surface area contributed by atoms with Crippen LogP contribution in [0.5, 0.6) is 0 Å². The van der Waals surface area contributed by atoms with Gasteiger partial charge in [-0.05, 0) is 25.7 Å². The minimum atomic E-state index is 0.399. The van der Waals surface area contributed by atoms with Crippen LogP contribution in [0.25, 0.3) is 0 Å². The van der Waals surface area contributed by atoms with E-state index in [4.69, 9.17) is 11.6 Å². The molecule has 1 aliphatic carbocycles. The summed E-state index contributed by atoms with van der Waals surface area (Å²) >= 11 is 5.95. The minimum Gasteiger partial charge on any atom is -0.359 e. The third-order valence-corrected chi connectivity index (χ3v) is 3.25. The molecule has 0 aliphatic heterocycles. The van der Waals surface area contributed by atoms with Crippen LogP contribution < -0.4 is 4.90 Å². The summed E-state index contributed by atoms with van der Waals surface area (Å²) in [4.78, 5) is 10.5. The number of aromatic nitrogens is 2. The van der Waals surface area contributed by atoms with Gasteiger partial charge in [-0.2, -0.15) is 0 Å². The van der Waals surface area contributed by atoms with Crippen LogP contribution in [0.4, 0.5) is 5.82 Å². The molecule has 1 aromatic heterocycles. The molecule has 3 nitrogen and oxygen atoms in total. The van der Waals surface area contributed by atoms with Gasteiger partial charge in [-0.1, -0.05) is 0 Å². The fourth-order valence-electron chi connectivity index (χ4n) is 1.93. The Morgan fingerprint density at radius 2 is 2.20 bits per heavy atom. The van der Waals surface area contributed by atoms with Crippen LogP contribution >= 0.6 is 11.6 Å². The molecule has 0 spiro atoms. The van der Waals surface area contributed by atoms with Gasteiger partial charge in [0, 0.05) is 30.7 Å². The average Bonchev–Trinajstić information content (AvgIpc) is 2.15. The fourth-order valence-corrected chi connectivity index (χ4v) is 2.44.